The number of carbonyl (C=O) groups is 4. The van der Waals surface area contributed by atoms with Crippen molar-refractivity contribution >= 4 is 39.4 Å². The summed E-state index contributed by atoms with van der Waals surface area (Å²) in [7, 11) is -2.59. The maximum absolute atomic E-state index is 13.5. The van der Waals surface area contributed by atoms with Crippen molar-refractivity contribution in [1.82, 2.24) is 4.90 Å². The van der Waals surface area contributed by atoms with Crippen LogP contribution in [0.4, 0.5) is 5.69 Å². The Morgan fingerprint density at radius 3 is 2.18 bits per heavy atom. The summed E-state index contributed by atoms with van der Waals surface area (Å²) in [5.74, 6) is -1.88. The van der Waals surface area contributed by atoms with Crippen LogP contribution in [0.1, 0.15) is 27.9 Å². The summed E-state index contributed by atoms with van der Waals surface area (Å²) in [6.07, 6.45) is 0.163. The number of rotatable bonds is 9. The molecule has 1 atom stereocenters. The van der Waals surface area contributed by atoms with Crippen molar-refractivity contribution in [1.29, 1.82) is 0 Å². The first kappa shape index (κ1) is 27.7. The first-order valence-electron chi connectivity index (χ1n) is 12.1. The smallest absolute Gasteiger partial charge is 0.337 e. The van der Waals surface area contributed by atoms with Crippen molar-refractivity contribution in [2.24, 2.45) is 5.14 Å². The van der Waals surface area contributed by atoms with E-state index in [2.05, 4.69) is 4.74 Å². The predicted molar refractivity (Wildman–Crippen MR) is 142 cm³/mol. The van der Waals surface area contributed by atoms with Gasteiger partial charge in [-0.3, -0.25) is 14.4 Å². The van der Waals surface area contributed by atoms with Gasteiger partial charge >= 0.3 is 5.97 Å². The number of benzene rings is 3. The zero-order chi connectivity index (χ0) is 28.2. The van der Waals surface area contributed by atoms with E-state index in [1.165, 1.54) is 48.4 Å². The van der Waals surface area contributed by atoms with Crippen LogP contribution in [0.5, 0.6) is 0 Å². The van der Waals surface area contributed by atoms with Crippen LogP contribution in [0, 0.1) is 0 Å². The number of hydrogen-bond acceptors (Lipinski definition) is 7. The lowest BCUT2D eigenvalue weighted by Crippen LogP contribution is -2.47. The molecule has 3 aromatic carbocycles. The molecule has 0 spiro atoms. The Morgan fingerprint density at radius 1 is 0.949 bits per heavy atom. The normalized spacial score (nSPS) is 15.3. The van der Waals surface area contributed by atoms with E-state index >= 15 is 0 Å². The number of imide groups is 1. The average Bonchev–Trinajstić information content (AvgIpc) is 3.22. The van der Waals surface area contributed by atoms with Crippen LogP contribution in [-0.2, 0) is 42.0 Å². The molecule has 39 heavy (non-hydrogen) atoms. The minimum absolute atomic E-state index is 0.0336. The molecule has 0 radical (unpaired) electrons. The van der Waals surface area contributed by atoms with Crippen molar-refractivity contribution in [3.05, 3.63) is 95.6 Å². The third-order valence-electron chi connectivity index (χ3n) is 6.46. The average molecular weight is 550 g/mol. The van der Waals surface area contributed by atoms with Crippen molar-refractivity contribution in [2.45, 2.75) is 30.2 Å². The lowest BCUT2D eigenvalue weighted by atomic mass is 10.1. The Hall–Kier alpha value is -4.35. The summed E-state index contributed by atoms with van der Waals surface area (Å²) in [4.78, 5) is 54.1. The molecular weight excluding hydrogens is 522 g/mol. The van der Waals surface area contributed by atoms with Gasteiger partial charge in [-0.25, -0.2) is 23.3 Å². The topological polar surface area (TPSA) is 144 Å². The number of ether oxygens (including phenoxy) is 1. The van der Waals surface area contributed by atoms with Crippen LogP contribution < -0.4 is 10.0 Å². The van der Waals surface area contributed by atoms with Gasteiger partial charge in [0.05, 0.1) is 36.1 Å². The van der Waals surface area contributed by atoms with Gasteiger partial charge in [0.2, 0.25) is 21.8 Å². The summed E-state index contributed by atoms with van der Waals surface area (Å²) in [5.41, 5.74) is 2.04. The van der Waals surface area contributed by atoms with E-state index in [9.17, 15) is 27.6 Å². The second-order valence-electron chi connectivity index (χ2n) is 9.01. The molecule has 11 heteroatoms. The molecule has 1 heterocycles. The standard InChI is InChI=1S/C28H27N3O7S/c1-38-28(35)21-9-11-22(12-10-21)31-26(33)18-24(27(31)34)30(25(32)17-20-5-3-2-4-6-20)16-15-19-7-13-23(14-8-19)39(29,36)37/h2-14,24H,15-18H2,1H3,(H2,29,36,37). The van der Waals surface area contributed by atoms with Crippen molar-refractivity contribution in [3.63, 3.8) is 0 Å². The number of esters is 1. The third kappa shape index (κ3) is 6.39. The number of sulfonamides is 1. The van der Waals surface area contributed by atoms with Crippen molar-refractivity contribution in [2.75, 3.05) is 18.6 Å². The first-order valence-corrected chi connectivity index (χ1v) is 13.6. The molecule has 0 saturated carbocycles. The van der Waals surface area contributed by atoms with Gasteiger partial charge in [0.1, 0.15) is 6.04 Å². The number of carbonyl (C=O) groups excluding carboxylic acids is 4. The van der Waals surface area contributed by atoms with E-state index in [4.69, 9.17) is 5.14 Å². The minimum atomic E-state index is -3.84. The Bertz CT molecular complexity index is 1490. The summed E-state index contributed by atoms with van der Waals surface area (Å²) >= 11 is 0. The molecular formula is C28H27N3O7S. The second-order valence-corrected chi connectivity index (χ2v) is 10.6. The molecule has 3 aromatic rings. The molecule has 3 amide bonds. The molecule has 1 fully saturated rings. The fraction of sp³-hybridized carbons (Fsp3) is 0.214. The minimum Gasteiger partial charge on any atom is -0.465 e. The van der Waals surface area contributed by atoms with Gasteiger partial charge in [-0.15, -0.1) is 0 Å². The molecule has 1 unspecified atom stereocenters. The van der Waals surface area contributed by atoms with Crippen LogP contribution >= 0.6 is 0 Å². The summed E-state index contributed by atoms with van der Waals surface area (Å²) in [5, 5.41) is 5.17. The van der Waals surface area contributed by atoms with E-state index in [-0.39, 0.29) is 41.4 Å². The largest absolute Gasteiger partial charge is 0.465 e. The Morgan fingerprint density at radius 2 is 1.59 bits per heavy atom. The highest BCUT2D eigenvalue weighted by atomic mass is 32.2. The summed E-state index contributed by atoms with van der Waals surface area (Å²) in [6.45, 7) is 0.124. The van der Waals surface area contributed by atoms with Gasteiger partial charge in [0, 0.05) is 6.54 Å². The molecule has 10 nitrogen and oxygen atoms in total. The monoisotopic (exact) mass is 549 g/mol. The molecule has 0 aliphatic carbocycles. The van der Waals surface area contributed by atoms with Gasteiger partial charge in [-0.1, -0.05) is 42.5 Å². The molecule has 1 aliphatic rings. The SMILES string of the molecule is COC(=O)c1ccc(N2C(=O)CC(N(CCc3ccc(S(N)(=O)=O)cc3)C(=O)Cc3ccccc3)C2=O)cc1. The number of hydrogen-bond donors (Lipinski definition) is 1. The van der Waals surface area contributed by atoms with Crippen LogP contribution in [-0.4, -0.2) is 56.7 Å². The molecule has 1 aliphatic heterocycles. The molecule has 0 bridgehead atoms. The highest BCUT2D eigenvalue weighted by molar-refractivity contribution is 7.89. The lowest BCUT2D eigenvalue weighted by Gasteiger charge is -2.28. The molecule has 0 aromatic heterocycles. The molecule has 2 N–H and O–H groups in total. The number of anilines is 1. The van der Waals surface area contributed by atoms with E-state index in [1.807, 2.05) is 18.2 Å². The molecule has 1 saturated heterocycles. The van der Waals surface area contributed by atoms with Gasteiger partial charge in [-0.2, -0.15) is 0 Å². The number of amides is 3. The highest BCUT2D eigenvalue weighted by Gasteiger charge is 2.44. The fourth-order valence-electron chi connectivity index (χ4n) is 4.42. The van der Waals surface area contributed by atoms with Gasteiger partial charge < -0.3 is 9.64 Å². The van der Waals surface area contributed by atoms with E-state index < -0.39 is 33.8 Å². The number of methoxy groups -OCH3 is 1. The number of nitrogens with zero attached hydrogens (tertiary/aromatic N) is 2. The van der Waals surface area contributed by atoms with Gasteiger partial charge in [-0.05, 0) is 53.9 Å². The maximum atomic E-state index is 13.5. The van der Waals surface area contributed by atoms with Crippen molar-refractivity contribution in [3.8, 4) is 0 Å². The number of primary sulfonamides is 1. The third-order valence-corrected chi connectivity index (χ3v) is 7.39. The lowest BCUT2D eigenvalue weighted by molar-refractivity contribution is -0.137. The second kappa shape index (κ2) is 11.6. The highest BCUT2D eigenvalue weighted by Crippen LogP contribution is 2.27. The Balaban J connectivity index is 1.57. The van der Waals surface area contributed by atoms with E-state index in [0.29, 0.717) is 6.42 Å². The quantitative estimate of drug-likeness (QED) is 0.318. The van der Waals surface area contributed by atoms with Crippen molar-refractivity contribution < 1.29 is 32.3 Å². The van der Waals surface area contributed by atoms with Crippen LogP contribution in [0.3, 0.4) is 0 Å². The van der Waals surface area contributed by atoms with Gasteiger partial charge in [0.25, 0.3) is 5.91 Å². The Kier molecular flexibility index (Phi) is 8.22. The van der Waals surface area contributed by atoms with Crippen LogP contribution in [0.2, 0.25) is 0 Å². The summed E-state index contributed by atoms with van der Waals surface area (Å²) < 4.78 is 27.8. The maximum Gasteiger partial charge on any atom is 0.337 e. The molecule has 202 valence electrons. The number of nitrogens with two attached hydrogens (primary N) is 1. The van der Waals surface area contributed by atoms with E-state index in [0.717, 1.165) is 16.0 Å². The first-order chi connectivity index (χ1) is 18.6. The van der Waals surface area contributed by atoms with Crippen LogP contribution in [0.25, 0.3) is 0 Å². The molecule has 4 rings (SSSR count). The Labute approximate surface area is 226 Å². The fourth-order valence-corrected chi connectivity index (χ4v) is 4.93. The zero-order valence-electron chi connectivity index (χ0n) is 21.1. The zero-order valence-corrected chi connectivity index (χ0v) is 22.0. The van der Waals surface area contributed by atoms with E-state index in [1.54, 1.807) is 24.3 Å². The van der Waals surface area contributed by atoms with Crippen LogP contribution in [0.15, 0.2) is 83.8 Å². The van der Waals surface area contributed by atoms with Gasteiger partial charge in [0.15, 0.2) is 0 Å². The summed E-state index contributed by atoms with van der Waals surface area (Å²) in [6, 6.07) is 19.9. The predicted octanol–water partition coefficient (Wildman–Crippen LogP) is 2.07.